The van der Waals surface area contributed by atoms with E-state index >= 15 is 0 Å². The second-order valence-corrected chi connectivity index (χ2v) is 5.85. The van der Waals surface area contributed by atoms with E-state index in [1.165, 1.54) is 24.8 Å². The predicted octanol–water partition coefficient (Wildman–Crippen LogP) is 4.64. The molecule has 2 unspecified atom stereocenters. The van der Waals surface area contributed by atoms with Gasteiger partial charge in [0.25, 0.3) is 0 Å². The summed E-state index contributed by atoms with van der Waals surface area (Å²) in [4.78, 5) is 0. The van der Waals surface area contributed by atoms with Crippen LogP contribution < -0.4 is 5.32 Å². The molecule has 96 valence electrons. The van der Waals surface area contributed by atoms with Crippen LogP contribution >= 0.6 is 15.9 Å². The summed E-state index contributed by atoms with van der Waals surface area (Å²) < 4.78 is 1.12. The van der Waals surface area contributed by atoms with Crippen LogP contribution in [0.5, 0.6) is 0 Å². The van der Waals surface area contributed by atoms with Gasteiger partial charge in [-0.3, -0.25) is 0 Å². The van der Waals surface area contributed by atoms with Crippen molar-refractivity contribution in [2.24, 2.45) is 5.92 Å². The average molecular weight is 307 g/mol. The topological polar surface area (TPSA) is 35.8 Å². The van der Waals surface area contributed by atoms with Gasteiger partial charge < -0.3 is 5.32 Å². The van der Waals surface area contributed by atoms with Crippen LogP contribution in [0.4, 0.5) is 5.69 Å². The van der Waals surface area contributed by atoms with Gasteiger partial charge in [0.15, 0.2) is 0 Å². The molecule has 1 N–H and O–H groups in total. The molecule has 0 bridgehead atoms. The number of nitriles is 1. The zero-order valence-electron chi connectivity index (χ0n) is 10.7. The highest BCUT2D eigenvalue weighted by molar-refractivity contribution is 9.10. The Morgan fingerprint density at radius 1 is 1.28 bits per heavy atom. The first-order valence-corrected chi connectivity index (χ1v) is 7.43. The summed E-state index contributed by atoms with van der Waals surface area (Å²) in [5.41, 5.74) is 2.34. The maximum Gasteiger partial charge on any atom is 0.0677 e. The summed E-state index contributed by atoms with van der Waals surface area (Å²) in [7, 11) is 0. The first-order valence-electron chi connectivity index (χ1n) is 6.63. The Morgan fingerprint density at radius 3 is 2.83 bits per heavy atom. The van der Waals surface area contributed by atoms with Crippen molar-refractivity contribution in [3.63, 3.8) is 0 Å². The maximum absolute atomic E-state index is 9.29. The number of nitrogens with zero attached hydrogens (tertiary/aromatic N) is 1. The van der Waals surface area contributed by atoms with E-state index in [0.717, 1.165) is 23.0 Å². The molecular weight excluding hydrogens is 288 g/mol. The fourth-order valence-corrected chi connectivity index (χ4v) is 2.97. The monoisotopic (exact) mass is 306 g/mol. The minimum Gasteiger partial charge on any atom is -0.380 e. The van der Waals surface area contributed by atoms with Gasteiger partial charge >= 0.3 is 0 Å². The Bertz CT molecular complexity index is 450. The molecule has 1 aromatic rings. The Morgan fingerprint density at radius 2 is 2.06 bits per heavy atom. The molecule has 2 rings (SSSR count). The number of hydrogen-bond donors (Lipinski definition) is 1. The van der Waals surface area contributed by atoms with Crippen molar-refractivity contribution < 1.29 is 0 Å². The van der Waals surface area contributed by atoms with Crippen LogP contribution in [0.25, 0.3) is 0 Å². The van der Waals surface area contributed by atoms with Gasteiger partial charge in [0.2, 0.25) is 0 Å². The molecule has 0 radical (unpaired) electrons. The van der Waals surface area contributed by atoms with Gasteiger partial charge in [-0.1, -0.05) is 31.4 Å². The van der Waals surface area contributed by atoms with Gasteiger partial charge in [0.1, 0.15) is 0 Å². The van der Waals surface area contributed by atoms with Gasteiger partial charge in [-0.05, 0) is 47.3 Å². The zero-order valence-corrected chi connectivity index (χ0v) is 12.3. The lowest BCUT2D eigenvalue weighted by molar-refractivity contribution is 0.514. The quantitative estimate of drug-likeness (QED) is 0.808. The molecule has 3 heteroatoms. The highest BCUT2D eigenvalue weighted by Gasteiger charge is 2.23. The van der Waals surface area contributed by atoms with Crippen LogP contribution in [0.2, 0.25) is 0 Å². The van der Waals surface area contributed by atoms with Crippen molar-refractivity contribution in [3.8, 4) is 6.07 Å². The van der Waals surface area contributed by atoms with Crippen molar-refractivity contribution in [2.45, 2.75) is 45.1 Å². The molecule has 1 aliphatic carbocycles. The van der Waals surface area contributed by atoms with E-state index in [0.29, 0.717) is 0 Å². The summed E-state index contributed by atoms with van der Waals surface area (Å²) in [5.74, 6) is 0.139. The molecule has 0 aromatic heterocycles. The molecule has 0 saturated heterocycles. The summed E-state index contributed by atoms with van der Waals surface area (Å²) in [6, 6.07) is 8.98. The molecular formula is C15H19BrN2. The lowest BCUT2D eigenvalue weighted by Crippen LogP contribution is -2.27. The van der Waals surface area contributed by atoms with Crippen LogP contribution in [0.15, 0.2) is 22.7 Å². The van der Waals surface area contributed by atoms with E-state index in [4.69, 9.17) is 0 Å². The van der Waals surface area contributed by atoms with Gasteiger partial charge in [-0.2, -0.15) is 5.26 Å². The zero-order chi connectivity index (χ0) is 13.0. The van der Waals surface area contributed by atoms with Crippen molar-refractivity contribution in [3.05, 3.63) is 28.2 Å². The van der Waals surface area contributed by atoms with E-state index < -0.39 is 0 Å². The molecule has 0 heterocycles. The second kappa shape index (κ2) is 6.24. The largest absolute Gasteiger partial charge is 0.380 e. The third kappa shape index (κ3) is 3.05. The molecule has 0 spiro atoms. The molecule has 18 heavy (non-hydrogen) atoms. The Balaban J connectivity index is 2.16. The average Bonchev–Trinajstić information content (AvgIpc) is 2.60. The van der Waals surface area contributed by atoms with E-state index in [1.54, 1.807) is 0 Å². The number of rotatable bonds is 2. The first-order chi connectivity index (χ1) is 8.72. The van der Waals surface area contributed by atoms with Crippen LogP contribution in [-0.4, -0.2) is 6.04 Å². The third-order valence-corrected chi connectivity index (χ3v) is 4.77. The smallest absolute Gasteiger partial charge is 0.0677 e. The van der Waals surface area contributed by atoms with Gasteiger partial charge in [0, 0.05) is 16.2 Å². The Labute approximate surface area is 118 Å². The Kier molecular flexibility index (Phi) is 4.66. The van der Waals surface area contributed by atoms with Crippen LogP contribution in [-0.2, 0) is 0 Å². The number of anilines is 1. The summed E-state index contributed by atoms with van der Waals surface area (Å²) >= 11 is 3.62. The van der Waals surface area contributed by atoms with E-state index in [1.807, 2.05) is 0 Å². The summed E-state index contributed by atoms with van der Waals surface area (Å²) in [6.07, 6.45) is 5.78. The molecule has 0 aliphatic heterocycles. The highest BCUT2D eigenvalue weighted by Crippen LogP contribution is 2.30. The maximum atomic E-state index is 9.29. The predicted molar refractivity (Wildman–Crippen MR) is 78.5 cm³/mol. The normalized spacial score (nSPS) is 24.1. The Hall–Kier alpha value is -1.01. The van der Waals surface area contributed by atoms with Gasteiger partial charge in [-0.15, -0.1) is 0 Å². The standard InChI is InChI=1S/C15H19BrN2/c1-11-6-5-9-14(15(11)16)18-13-8-4-2-3-7-12(13)10-17/h5-6,9,12-13,18H,2-4,7-8H2,1H3. The number of nitrogens with one attached hydrogen (secondary N) is 1. The fourth-order valence-electron chi connectivity index (χ4n) is 2.59. The number of hydrogen-bond acceptors (Lipinski definition) is 2. The minimum atomic E-state index is 0.139. The summed E-state index contributed by atoms with van der Waals surface area (Å²) in [6.45, 7) is 2.09. The molecule has 2 nitrogen and oxygen atoms in total. The van der Waals surface area contributed by atoms with Crippen molar-refractivity contribution >= 4 is 21.6 Å². The van der Waals surface area contributed by atoms with Crippen LogP contribution in [0, 0.1) is 24.2 Å². The van der Waals surface area contributed by atoms with Crippen molar-refractivity contribution in [1.82, 2.24) is 0 Å². The van der Waals surface area contributed by atoms with Gasteiger partial charge in [-0.25, -0.2) is 0 Å². The third-order valence-electron chi connectivity index (χ3n) is 3.71. The molecule has 1 fully saturated rings. The second-order valence-electron chi connectivity index (χ2n) is 5.06. The van der Waals surface area contributed by atoms with Crippen LogP contribution in [0.1, 0.15) is 37.7 Å². The summed E-state index contributed by atoms with van der Waals surface area (Å²) in [5, 5.41) is 12.8. The SMILES string of the molecule is Cc1cccc(NC2CCCCCC2C#N)c1Br. The fraction of sp³-hybridized carbons (Fsp3) is 0.533. The first kappa shape index (κ1) is 13.4. The van der Waals surface area contributed by atoms with E-state index in [9.17, 15) is 5.26 Å². The van der Waals surface area contributed by atoms with Crippen molar-refractivity contribution in [2.75, 3.05) is 5.32 Å². The number of aryl methyl sites for hydroxylation is 1. The molecule has 1 aliphatic rings. The number of halogens is 1. The van der Waals surface area contributed by atoms with Crippen molar-refractivity contribution in [1.29, 1.82) is 5.26 Å². The molecule has 0 amide bonds. The van der Waals surface area contributed by atoms with E-state index in [2.05, 4.69) is 52.4 Å². The molecule has 1 aromatic carbocycles. The minimum absolute atomic E-state index is 0.139. The lowest BCUT2D eigenvalue weighted by Gasteiger charge is -2.23. The number of benzene rings is 1. The van der Waals surface area contributed by atoms with Gasteiger partial charge in [0.05, 0.1) is 12.0 Å². The lowest BCUT2D eigenvalue weighted by atomic mass is 9.96. The molecule has 2 atom stereocenters. The molecule has 1 saturated carbocycles. The van der Waals surface area contributed by atoms with Crippen LogP contribution in [0.3, 0.4) is 0 Å². The highest BCUT2D eigenvalue weighted by atomic mass is 79.9. The van der Waals surface area contributed by atoms with E-state index in [-0.39, 0.29) is 12.0 Å².